The Kier molecular flexibility index (Phi) is 25.6. The van der Waals surface area contributed by atoms with Gasteiger partial charge < -0.3 is 15.2 Å². The van der Waals surface area contributed by atoms with Gasteiger partial charge in [-0.15, -0.1) is 16.5 Å². The molecule has 2 aromatic rings. The molecule has 0 saturated heterocycles. The third kappa shape index (κ3) is 22.1. The molecule has 0 saturated carbocycles. The number of hydrogen-bond donors (Lipinski definition) is 2. The topological polar surface area (TPSA) is 202 Å². The number of carbonyl (C=O) groups is 2. The third-order valence-corrected chi connectivity index (χ3v) is 9.20. The maximum absolute atomic E-state index is 11.4. The molecule has 0 spiro atoms. The number of methoxy groups -OCH3 is 2. The number of rotatable bonds is 8. The first-order chi connectivity index (χ1) is 26.2. The lowest BCUT2D eigenvalue weighted by Crippen LogP contribution is -2.34. The van der Waals surface area contributed by atoms with Crippen molar-refractivity contribution < 1.29 is 74.3 Å². The fourth-order valence-electron chi connectivity index (χ4n) is 2.48. The number of aldehydes is 2. The summed E-state index contributed by atoms with van der Waals surface area (Å²) in [7, 11) is -14.2. The third-order valence-electron chi connectivity index (χ3n) is 4.67. The summed E-state index contributed by atoms with van der Waals surface area (Å²) in [5.41, 5.74) is -5.23. The molecule has 0 bridgehead atoms. The largest absolute Gasteiger partial charge is 0.524 e. The van der Waals surface area contributed by atoms with Gasteiger partial charge >= 0.3 is 31.3 Å². The highest BCUT2D eigenvalue weighted by Gasteiger charge is 2.57. The number of terminal acetylenes is 2. The Morgan fingerprint density at radius 1 is 0.655 bits per heavy atom. The standard InChI is InChI=1S/C14H2.C9H10BrNO4S.C8H8BrNO2.C2F6O5S2.CH4/c1-3-5-7-9-11-13-14-12-10-8-6-4-2;1-15-9-3-6(5-12)7(10)4-8(9)11-16(2,13)14;1-12-8-2-5(4-11)6(9)3-7(8)10;3-1(4,5)14(9,10)13-15(11,12)2(6,7)8;/h1-2H;3-5,11H,1-2H3;2-4H,10H2,1H3;;1H4. The summed E-state index contributed by atoms with van der Waals surface area (Å²) < 4.78 is 146. The molecule has 2 aromatic carbocycles. The second-order valence-corrected chi connectivity index (χ2v) is 15.4. The molecule has 0 aliphatic rings. The number of carbonyl (C=O) groups excluding carboxylic acids is 2. The molecule has 0 unspecified atom stereocenters. The van der Waals surface area contributed by atoms with E-state index in [2.05, 4.69) is 108 Å². The van der Waals surface area contributed by atoms with Crippen LogP contribution in [0.25, 0.3) is 0 Å². The van der Waals surface area contributed by atoms with E-state index in [-0.39, 0.29) is 18.9 Å². The van der Waals surface area contributed by atoms with Gasteiger partial charge in [-0.2, -0.15) is 43.2 Å². The van der Waals surface area contributed by atoms with E-state index in [1.807, 2.05) is 3.63 Å². The predicted molar refractivity (Wildman–Crippen MR) is 209 cm³/mol. The molecule has 3 N–H and O–H groups in total. The highest BCUT2D eigenvalue weighted by molar-refractivity contribution is 9.10. The molecule has 0 amide bonds. The Labute approximate surface area is 347 Å². The Bertz CT molecular complexity index is 2470. The Morgan fingerprint density at radius 2 is 0.983 bits per heavy atom. The fraction of sp³-hybridized carbons (Fsp3) is 0.176. The Morgan fingerprint density at radius 3 is 1.28 bits per heavy atom. The maximum atomic E-state index is 11.4. The molecule has 24 heteroatoms. The minimum absolute atomic E-state index is 0. The van der Waals surface area contributed by atoms with Crippen molar-refractivity contribution in [3.05, 3.63) is 44.3 Å². The second kappa shape index (κ2) is 26.2. The van der Waals surface area contributed by atoms with Crippen molar-refractivity contribution in [1.29, 1.82) is 0 Å². The van der Waals surface area contributed by atoms with Gasteiger partial charge in [0.15, 0.2) is 12.6 Å². The molecule has 0 heterocycles. The minimum atomic E-state index is -6.85. The number of ether oxygens (including phenoxy) is 2. The van der Waals surface area contributed by atoms with Gasteiger partial charge in [0.25, 0.3) is 0 Å². The molecule has 13 nitrogen and oxygen atoms in total. The van der Waals surface area contributed by atoms with Gasteiger partial charge in [0.2, 0.25) is 10.0 Å². The summed E-state index contributed by atoms with van der Waals surface area (Å²) in [5, 5.41) is 0. The molecule has 2 rings (SSSR count). The van der Waals surface area contributed by atoms with Crippen molar-refractivity contribution in [2.75, 3.05) is 30.9 Å². The quantitative estimate of drug-likeness (QED) is 0.117. The van der Waals surface area contributed by atoms with E-state index < -0.39 is 41.3 Å². The average Bonchev–Trinajstić information content (AvgIpc) is 3.08. The number of nitrogens with one attached hydrogen (secondary N) is 1. The van der Waals surface area contributed by atoms with E-state index in [9.17, 15) is 61.2 Å². The van der Waals surface area contributed by atoms with Gasteiger partial charge in [-0.05, 0) is 127 Å². The van der Waals surface area contributed by atoms with Crippen LogP contribution in [0.2, 0.25) is 0 Å². The maximum Gasteiger partial charge on any atom is 0.524 e. The zero-order valence-electron chi connectivity index (χ0n) is 28.4. The van der Waals surface area contributed by atoms with Gasteiger partial charge in [-0.1, -0.05) is 7.43 Å². The van der Waals surface area contributed by atoms with Gasteiger partial charge in [-0.25, -0.2) is 8.42 Å². The molecule has 0 aromatic heterocycles. The van der Waals surface area contributed by atoms with Crippen molar-refractivity contribution >= 4 is 86.1 Å². The van der Waals surface area contributed by atoms with Crippen LogP contribution in [0, 0.1) is 83.9 Å². The summed E-state index contributed by atoms with van der Waals surface area (Å²) >= 11 is 6.36. The van der Waals surface area contributed by atoms with Gasteiger partial charge in [0.05, 0.1) is 31.9 Å². The number of hydrogen-bond acceptors (Lipinski definition) is 12. The predicted octanol–water partition coefficient (Wildman–Crippen LogP) is 5.10. The first-order valence-corrected chi connectivity index (χ1v) is 19.6. The smallest absolute Gasteiger partial charge is 0.495 e. The van der Waals surface area contributed by atoms with Gasteiger partial charge in [0.1, 0.15) is 11.5 Å². The van der Waals surface area contributed by atoms with Crippen molar-refractivity contribution in [3.63, 3.8) is 0 Å². The van der Waals surface area contributed by atoms with E-state index in [1.165, 1.54) is 26.4 Å². The van der Waals surface area contributed by atoms with Crippen LogP contribution in [0.3, 0.4) is 0 Å². The first kappa shape index (κ1) is 56.6. The molecule has 0 atom stereocenters. The highest BCUT2D eigenvalue weighted by atomic mass is 79.9. The molecular weight excluding hydrogens is 982 g/mol. The van der Waals surface area contributed by atoms with Crippen LogP contribution < -0.4 is 19.9 Å². The van der Waals surface area contributed by atoms with E-state index in [1.54, 1.807) is 12.1 Å². The van der Waals surface area contributed by atoms with Crippen LogP contribution in [-0.2, 0) is 33.9 Å². The lowest BCUT2D eigenvalue weighted by Gasteiger charge is -2.11. The van der Waals surface area contributed by atoms with E-state index >= 15 is 0 Å². The summed E-state index contributed by atoms with van der Waals surface area (Å²) in [4.78, 5) is 21.1. The number of nitrogens with two attached hydrogens (primary N) is 1. The molecule has 310 valence electrons. The minimum Gasteiger partial charge on any atom is -0.495 e. The van der Waals surface area contributed by atoms with Crippen molar-refractivity contribution in [3.8, 4) is 95.4 Å². The Hall–Kier alpha value is -5.75. The first-order valence-electron chi connectivity index (χ1n) is 13.3. The van der Waals surface area contributed by atoms with E-state index in [0.29, 0.717) is 37.8 Å². The van der Waals surface area contributed by atoms with Crippen molar-refractivity contribution in [2.45, 2.75) is 18.4 Å². The number of anilines is 2. The number of nitrogen functional groups attached to an aromatic ring is 1. The van der Waals surface area contributed by atoms with Gasteiger partial charge in [0, 0.05) is 20.1 Å². The number of halogens is 8. The van der Waals surface area contributed by atoms with Gasteiger partial charge in [-0.3, -0.25) is 14.3 Å². The van der Waals surface area contributed by atoms with Crippen LogP contribution in [0.4, 0.5) is 37.7 Å². The SMILES string of the molecule is C.C#CC#CC#CC#CC#CC#CC#C.COc1cc(C=O)c(Br)cc1N.COc1cc(C=O)c(Br)cc1NS(C)(=O)=O.O=S(=O)(OS(=O)(=O)C(F)(F)F)C(F)(F)F. The molecule has 58 heavy (non-hydrogen) atoms. The molecule has 0 aliphatic heterocycles. The molecule has 0 radical (unpaired) electrons. The molecular formula is C34H24Br2F6N2O11S3. The van der Waals surface area contributed by atoms with E-state index in [4.69, 9.17) is 28.1 Å². The summed E-state index contributed by atoms with van der Waals surface area (Å²) in [6.07, 6.45) is 12.1. The van der Waals surface area contributed by atoms with Crippen LogP contribution in [0.5, 0.6) is 11.5 Å². The summed E-state index contributed by atoms with van der Waals surface area (Å²) in [6.45, 7) is 0. The van der Waals surface area contributed by atoms with Crippen molar-refractivity contribution in [2.24, 2.45) is 0 Å². The lowest BCUT2D eigenvalue weighted by atomic mass is 10.2. The fourth-order valence-corrected chi connectivity index (χ4v) is 5.49. The lowest BCUT2D eigenvalue weighted by molar-refractivity contribution is -0.0586. The molecule has 0 fully saturated rings. The highest BCUT2D eigenvalue weighted by Crippen LogP contribution is 2.33. The van der Waals surface area contributed by atoms with Crippen LogP contribution in [0.15, 0.2) is 33.2 Å². The Balaban J connectivity index is -0.000000695. The zero-order valence-corrected chi connectivity index (χ0v) is 34.1. The van der Waals surface area contributed by atoms with Crippen LogP contribution in [-0.4, -0.2) is 69.3 Å². The van der Waals surface area contributed by atoms with Crippen LogP contribution >= 0.6 is 31.9 Å². The number of benzene rings is 2. The summed E-state index contributed by atoms with van der Waals surface area (Å²) in [5.74, 6) is 29.1. The van der Waals surface area contributed by atoms with Crippen molar-refractivity contribution in [1.82, 2.24) is 0 Å². The average molecular weight is 1010 g/mol. The monoisotopic (exact) mass is 1000 g/mol. The number of sulfonamides is 1. The second-order valence-electron chi connectivity index (χ2n) is 8.71. The summed E-state index contributed by atoms with van der Waals surface area (Å²) in [6, 6.07) is 6.16. The zero-order chi connectivity index (χ0) is 44.7. The van der Waals surface area contributed by atoms with E-state index in [0.717, 1.165) is 12.5 Å². The van der Waals surface area contributed by atoms with Crippen LogP contribution in [0.1, 0.15) is 28.1 Å². The normalized spacial score (nSPS) is 9.81. The number of alkyl halides is 6. The molecule has 0 aliphatic carbocycles.